The summed E-state index contributed by atoms with van der Waals surface area (Å²) in [6.07, 6.45) is 3.85. The molecule has 0 amide bonds. The number of hydrogen-bond acceptors (Lipinski definition) is 2. The van der Waals surface area contributed by atoms with E-state index < -0.39 is 0 Å². The Hall–Kier alpha value is -0.700. The van der Waals surface area contributed by atoms with Crippen LogP contribution in [-0.2, 0) is 0 Å². The Labute approximate surface area is 112 Å². The van der Waals surface area contributed by atoms with Gasteiger partial charge in [-0.1, -0.05) is 29.8 Å². The Bertz CT molecular complexity index is 386. The van der Waals surface area contributed by atoms with E-state index in [9.17, 15) is 0 Å². The normalized spacial score (nSPS) is 15.3. The third kappa shape index (κ3) is 3.38. The average molecular weight is 297 g/mol. The van der Waals surface area contributed by atoms with Crippen LogP contribution in [0, 0.1) is 5.92 Å². The molecule has 0 atom stereocenters. The van der Waals surface area contributed by atoms with Crippen LogP contribution in [-0.4, -0.2) is 12.6 Å². The highest BCUT2D eigenvalue weighted by Crippen LogP contribution is 2.36. The second kappa shape index (κ2) is 5.30. The first-order valence-electron chi connectivity index (χ1n) is 6.39. The van der Waals surface area contributed by atoms with Gasteiger partial charge in [0.25, 0.3) is 0 Å². The topological polar surface area (TPSA) is 29.3 Å². The van der Waals surface area contributed by atoms with Gasteiger partial charge in [0.05, 0.1) is 11.4 Å². The first-order valence-corrected chi connectivity index (χ1v) is 7.19. The number of halogens is 1. The van der Waals surface area contributed by atoms with E-state index in [1.165, 1.54) is 24.9 Å². The van der Waals surface area contributed by atoms with Crippen molar-refractivity contribution in [2.24, 2.45) is 5.92 Å². The second-order valence-corrected chi connectivity index (χ2v) is 6.23. The quantitative estimate of drug-likeness (QED) is 0.831. The Morgan fingerprint density at radius 2 is 2.12 bits per heavy atom. The van der Waals surface area contributed by atoms with Crippen LogP contribution in [0.1, 0.15) is 33.1 Å². The van der Waals surface area contributed by atoms with E-state index in [4.69, 9.17) is 5.73 Å². The third-order valence-corrected chi connectivity index (χ3v) is 3.73. The van der Waals surface area contributed by atoms with E-state index in [1.807, 2.05) is 6.07 Å². The van der Waals surface area contributed by atoms with E-state index in [-0.39, 0.29) is 0 Å². The van der Waals surface area contributed by atoms with Crippen molar-refractivity contribution in [3.8, 4) is 0 Å². The molecule has 1 aromatic carbocycles. The molecule has 94 valence electrons. The zero-order valence-electron chi connectivity index (χ0n) is 10.6. The number of anilines is 2. The zero-order chi connectivity index (χ0) is 12.4. The molecule has 1 saturated carbocycles. The molecule has 0 bridgehead atoms. The van der Waals surface area contributed by atoms with Crippen molar-refractivity contribution in [1.82, 2.24) is 0 Å². The van der Waals surface area contributed by atoms with Crippen LogP contribution in [0.5, 0.6) is 0 Å². The molecule has 0 aliphatic heterocycles. The summed E-state index contributed by atoms with van der Waals surface area (Å²) < 4.78 is 1.05. The fourth-order valence-electron chi connectivity index (χ4n) is 2.07. The molecule has 1 aliphatic carbocycles. The predicted molar refractivity (Wildman–Crippen MR) is 78.4 cm³/mol. The summed E-state index contributed by atoms with van der Waals surface area (Å²) in [6, 6.07) is 6.94. The summed E-state index contributed by atoms with van der Waals surface area (Å²) in [6.45, 7) is 5.67. The van der Waals surface area contributed by atoms with Crippen molar-refractivity contribution in [2.45, 2.75) is 39.2 Å². The highest BCUT2D eigenvalue weighted by atomic mass is 79.9. The van der Waals surface area contributed by atoms with Crippen molar-refractivity contribution < 1.29 is 0 Å². The van der Waals surface area contributed by atoms with Gasteiger partial charge in [-0.3, -0.25) is 0 Å². The minimum atomic E-state index is 0.720. The molecule has 0 heterocycles. The molecule has 1 aliphatic rings. The second-order valence-electron chi connectivity index (χ2n) is 5.31. The number of nitrogens with zero attached hydrogens (tertiary/aromatic N) is 1. The van der Waals surface area contributed by atoms with E-state index in [2.05, 4.69) is 46.8 Å². The minimum absolute atomic E-state index is 0.720. The molecule has 0 radical (unpaired) electrons. The number of nitrogens with two attached hydrogens (primary N) is 1. The van der Waals surface area contributed by atoms with Crippen LogP contribution in [0.3, 0.4) is 0 Å². The molecule has 2 nitrogen and oxygen atoms in total. The Morgan fingerprint density at radius 1 is 1.41 bits per heavy atom. The van der Waals surface area contributed by atoms with Crippen LogP contribution in [0.4, 0.5) is 11.4 Å². The fraction of sp³-hybridized carbons (Fsp3) is 0.571. The summed E-state index contributed by atoms with van der Waals surface area (Å²) in [4.78, 5) is 2.49. The fourth-order valence-corrected chi connectivity index (χ4v) is 2.45. The van der Waals surface area contributed by atoms with E-state index in [0.717, 1.165) is 28.7 Å². The van der Waals surface area contributed by atoms with Gasteiger partial charge >= 0.3 is 0 Å². The number of rotatable bonds is 5. The Balaban J connectivity index is 2.14. The van der Waals surface area contributed by atoms with Gasteiger partial charge in [0.1, 0.15) is 0 Å². The Kier molecular flexibility index (Phi) is 3.97. The molecule has 2 N–H and O–H groups in total. The summed E-state index contributed by atoms with van der Waals surface area (Å²) in [7, 11) is 0. The maximum absolute atomic E-state index is 6.12. The van der Waals surface area contributed by atoms with E-state index in [0.29, 0.717) is 0 Å². The van der Waals surface area contributed by atoms with Gasteiger partial charge in [-0.25, -0.2) is 0 Å². The molecule has 0 saturated heterocycles. The Morgan fingerprint density at radius 3 is 2.65 bits per heavy atom. The van der Waals surface area contributed by atoms with Crippen molar-refractivity contribution in [2.75, 3.05) is 17.2 Å². The van der Waals surface area contributed by atoms with Gasteiger partial charge in [-0.05, 0) is 43.4 Å². The van der Waals surface area contributed by atoms with E-state index in [1.54, 1.807) is 0 Å². The summed E-state index contributed by atoms with van der Waals surface area (Å²) in [5, 5.41) is 0. The number of hydrogen-bond donors (Lipinski definition) is 1. The molecular weight excluding hydrogens is 276 g/mol. The summed E-state index contributed by atoms with van der Waals surface area (Å²) >= 11 is 3.46. The zero-order valence-corrected chi connectivity index (χ0v) is 12.2. The first-order chi connectivity index (χ1) is 8.08. The van der Waals surface area contributed by atoms with Crippen LogP contribution < -0.4 is 10.6 Å². The van der Waals surface area contributed by atoms with Crippen LogP contribution in [0.25, 0.3) is 0 Å². The first kappa shape index (κ1) is 12.7. The average Bonchev–Trinajstić information content (AvgIpc) is 3.04. The number of nitrogen functional groups attached to an aromatic ring is 1. The van der Waals surface area contributed by atoms with Gasteiger partial charge in [0.2, 0.25) is 0 Å². The maximum atomic E-state index is 6.12. The van der Waals surface area contributed by atoms with Crippen molar-refractivity contribution >= 4 is 27.3 Å². The highest BCUT2D eigenvalue weighted by Gasteiger charge is 2.29. The molecule has 0 unspecified atom stereocenters. The largest absolute Gasteiger partial charge is 0.397 e. The van der Waals surface area contributed by atoms with Gasteiger partial charge in [-0.2, -0.15) is 0 Å². The molecule has 2 rings (SSSR count). The molecule has 1 fully saturated rings. The molecule has 3 heteroatoms. The van der Waals surface area contributed by atoms with Gasteiger partial charge in [0.15, 0.2) is 0 Å². The van der Waals surface area contributed by atoms with Crippen LogP contribution in [0.15, 0.2) is 22.7 Å². The predicted octanol–water partition coefficient (Wildman–Crippen LogP) is 4.05. The van der Waals surface area contributed by atoms with Gasteiger partial charge in [0, 0.05) is 17.1 Å². The van der Waals surface area contributed by atoms with Gasteiger partial charge in [-0.15, -0.1) is 0 Å². The molecule has 0 aromatic heterocycles. The van der Waals surface area contributed by atoms with Crippen molar-refractivity contribution in [3.63, 3.8) is 0 Å². The lowest BCUT2D eigenvalue weighted by molar-refractivity contribution is 0.571. The molecule has 0 spiro atoms. The highest BCUT2D eigenvalue weighted by molar-refractivity contribution is 9.10. The van der Waals surface area contributed by atoms with Gasteiger partial charge < -0.3 is 10.6 Å². The number of benzene rings is 1. The lowest BCUT2D eigenvalue weighted by atomic mass is 10.1. The lowest BCUT2D eigenvalue weighted by Gasteiger charge is -2.27. The lowest BCUT2D eigenvalue weighted by Crippen LogP contribution is -2.28. The standard InChI is InChI=1S/C14H21BrN2/c1-10(2)7-8-17(12-4-5-12)14-6-3-11(15)9-13(14)16/h3,6,9-10,12H,4-5,7-8,16H2,1-2H3. The third-order valence-electron chi connectivity index (χ3n) is 3.23. The monoisotopic (exact) mass is 296 g/mol. The smallest absolute Gasteiger partial charge is 0.0603 e. The van der Waals surface area contributed by atoms with Crippen molar-refractivity contribution in [3.05, 3.63) is 22.7 Å². The molecular formula is C14H21BrN2. The van der Waals surface area contributed by atoms with E-state index >= 15 is 0 Å². The SMILES string of the molecule is CC(C)CCN(c1ccc(Br)cc1N)C1CC1. The minimum Gasteiger partial charge on any atom is -0.397 e. The maximum Gasteiger partial charge on any atom is 0.0603 e. The van der Waals surface area contributed by atoms with Crippen molar-refractivity contribution in [1.29, 1.82) is 0 Å². The molecule has 17 heavy (non-hydrogen) atoms. The summed E-state index contributed by atoms with van der Waals surface area (Å²) in [5.41, 5.74) is 8.21. The van der Waals surface area contributed by atoms with Crippen LogP contribution in [0.2, 0.25) is 0 Å². The summed E-state index contributed by atoms with van der Waals surface area (Å²) in [5.74, 6) is 0.743. The molecule has 1 aromatic rings. The van der Waals surface area contributed by atoms with Crippen LogP contribution >= 0.6 is 15.9 Å².